The number of amides is 2. The van der Waals surface area contributed by atoms with Crippen LogP contribution in [-0.4, -0.2) is 22.8 Å². The topological polar surface area (TPSA) is 78.7 Å². The van der Waals surface area contributed by atoms with Crippen LogP contribution in [0.1, 0.15) is 43.4 Å². The molecule has 0 radical (unpaired) electrons. The molecule has 0 aliphatic heterocycles. The van der Waals surface area contributed by atoms with Crippen LogP contribution < -0.4 is 15.1 Å². The Morgan fingerprint density at radius 2 is 1.84 bits per heavy atom. The third-order valence-corrected chi connectivity index (χ3v) is 6.16. The number of rotatable bonds is 10. The van der Waals surface area contributed by atoms with Crippen LogP contribution in [0.15, 0.2) is 121 Å². The van der Waals surface area contributed by atoms with E-state index in [0.717, 1.165) is 24.1 Å². The molecule has 1 aliphatic rings. The molecule has 0 bridgehead atoms. The van der Waals surface area contributed by atoms with Crippen LogP contribution in [0.25, 0.3) is 0 Å². The molecular formula is C30H32N4O3. The molecule has 1 aromatic carbocycles. The molecule has 0 fully saturated rings. The second-order valence-corrected chi connectivity index (χ2v) is 8.54. The first kappa shape index (κ1) is 25.4. The standard InChI is InChI=1S/C30H30N4O3.H2/c1-4-33(5-2)25-15-17-26(18-16-25)34(30(36)27-14-10-20-37-27)28(24-13-9-19-31-21-24)29(35)32-22(3)23-11-7-6-8-12-23;/h4-5,7,9-22,28H,1-2,6,8H2,3H3,(H,32,35);1H/t22-,28?;/m0./s1. The molecule has 0 saturated heterocycles. The molecule has 190 valence electrons. The van der Waals surface area contributed by atoms with Crippen molar-refractivity contribution in [2.75, 3.05) is 9.80 Å². The van der Waals surface area contributed by atoms with Crippen LogP contribution in [0.2, 0.25) is 0 Å². The number of carbonyl (C=O) groups is 2. The summed E-state index contributed by atoms with van der Waals surface area (Å²) in [6, 6.07) is 12.8. The average molecular weight is 497 g/mol. The highest BCUT2D eigenvalue weighted by atomic mass is 16.3. The summed E-state index contributed by atoms with van der Waals surface area (Å²) in [6.07, 6.45) is 16.1. The Bertz CT molecular complexity index is 1290. The van der Waals surface area contributed by atoms with E-state index in [0.29, 0.717) is 11.3 Å². The summed E-state index contributed by atoms with van der Waals surface area (Å²) in [4.78, 5) is 35.1. The number of aromatic nitrogens is 1. The van der Waals surface area contributed by atoms with Crippen molar-refractivity contribution in [1.82, 2.24) is 10.3 Å². The number of nitrogens with zero attached hydrogens (tertiary/aromatic N) is 3. The van der Waals surface area contributed by atoms with Gasteiger partial charge in [-0.1, -0.05) is 37.5 Å². The zero-order valence-corrected chi connectivity index (χ0v) is 20.8. The summed E-state index contributed by atoms with van der Waals surface area (Å²) in [5, 5.41) is 3.10. The molecule has 0 spiro atoms. The van der Waals surface area contributed by atoms with Crippen LogP contribution in [0.3, 0.4) is 0 Å². The molecule has 37 heavy (non-hydrogen) atoms. The minimum atomic E-state index is -0.998. The lowest BCUT2D eigenvalue weighted by molar-refractivity contribution is -0.122. The van der Waals surface area contributed by atoms with Gasteiger partial charge >= 0.3 is 0 Å². The second kappa shape index (κ2) is 11.9. The van der Waals surface area contributed by atoms with Gasteiger partial charge in [0, 0.05) is 43.2 Å². The molecular weight excluding hydrogens is 464 g/mol. The number of allylic oxidation sites excluding steroid dienone is 2. The number of benzene rings is 1. The quantitative estimate of drug-likeness (QED) is 0.362. The van der Waals surface area contributed by atoms with Gasteiger partial charge in [-0.2, -0.15) is 0 Å². The molecule has 7 heteroatoms. The lowest BCUT2D eigenvalue weighted by Gasteiger charge is -2.32. The van der Waals surface area contributed by atoms with Crippen LogP contribution in [0, 0.1) is 0 Å². The Balaban J connectivity index is 0.00000400. The Morgan fingerprint density at radius 1 is 1.08 bits per heavy atom. The maximum Gasteiger partial charge on any atom is 0.294 e. The lowest BCUT2D eigenvalue weighted by atomic mass is 9.99. The summed E-state index contributed by atoms with van der Waals surface area (Å²) in [6.45, 7) is 9.52. The zero-order chi connectivity index (χ0) is 26.2. The van der Waals surface area contributed by atoms with Gasteiger partial charge < -0.3 is 14.6 Å². The lowest BCUT2D eigenvalue weighted by Crippen LogP contribution is -2.46. The smallest absolute Gasteiger partial charge is 0.294 e. The average Bonchev–Trinajstić information content (AvgIpc) is 3.49. The third-order valence-electron chi connectivity index (χ3n) is 6.16. The molecule has 3 aromatic rings. The maximum absolute atomic E-state index is 13.9. The van der Waals surface area contributed by atoms with E-state index in [1.54, 1.807) is 66.1 Å². The number of hydrogen-bond donors (Lipinski definition) is 1. The van der Waals surface area contributed by atoms with E-state index in [1.807, 2.05) is 25.1 Å². The van der Waals surface area contributed by atoms with Gasteiger partial charge in [-0.05, 0) is 67.8 Å². The van der Waals surface area contributed by atoms with E-state index in [4.69, 9.17) is 4.42 Å². The Hall–Kier alpha value is -4.65. The highest BCUT2D eigenvalue weighted by molar-refractivity contribution is 6.08. The molecule has 1 unspecified atom stereocenters. The second-order valence-electron chi connectivity index (χ2n) is 8.54. The van der Waals surface area contributed by atoms with Gasteiger partial charge in [-0.3, -0.25) is 19.5 Å². The molecule has 2 heterocycles. The number of pyridine rings is 1. The van der Waals surface area contributed by atoms with Gasteiger partial charge in [0.1, 0.15) is 6.04 Å². The van der Waals surface area contributed by atoms with Gasteiger partial charge in [0.05, 0.1) is 12.3 Å². The fourth-order valence-electron chi connectivity index (χ4n) is 4.26. The monoisotopic (exact) mass is 496 g/mol. The van der Waals surface area contributed by atoms with Gasteiger partial charge in [0.15, 0.2) is 5.76 Å². The largest absolute Gasteiger partial charge is 0.459 e. The van der Waals surface area contributed by atoms with E-state index < -0.39 is 11.9 Å². The minimum Gasteiger partial charge on any atom is -0.459 e. The highest BCUT2D eigenvalue weighted by Crippen LogP contribution is 2.32. The first-order chi connectivity index (χ1) is 18.0. The molecule has 2 atom stereocenters. The fourth-order valence-corrected chi connectivity index (χ4v) is 4.26. The Labute approximate surface area is 218 Å². The first-order valence-electron chi connectivity index (χ1n) is 12.1. The minimum absolute atomic E-state index is 0. The van der Waals surface area contributed by atoms with Crippen molar-refractivity contribution in [3.05, 3.63) is 128 Å². The van der Waals surface area contributed by atoms with Crippen LogP contribution in [-0.2, 0) is 4.79 Å². The Kier molecular flexibility index (Phi) is 8.15. The molecule has 2 aromatic heterocycles. The zero-order valence-electron chi connectivity index (χ0n) is 20.8. The molecule has 1 N–H and O–H groups in total. The van der Waals surface area contributed by atoms with E-state index in [2.05, 4.69) is 35.6 Å². The van der Waals surface area contributed by atoms with E-state index >= 15 is 0 Å². The van der Waals surface area contributed by atoms with Crippen LogP contribution in [0.5, 0.6) is 0 Å². The summed E-state index contributed by atoms with van der Waals surface area (Å²) in [5.74, 6) is -0.658. The van der Waals surface area contributed by atoms with Crippen molar-refractivity contribution in [3.63, 3.8) is 0 Å². The van der Waals surface area contributed by atoms with Crippen LogP contribution in [0.4, 0.5) is 11.4 Å². The number of carbonyl (C=O) groups excluding carboxylic acids is 2. The summed E-state index contributed by atoms with van der Waals surface area (Å²) in [7, 11) is 0. The van der Waals surface area contributed by atoms with E-state index in [-0.39, 0.29) is 19.1 Å². The SMILES string of the molecule is C=CN(C=C)c1ccc(N(C(=O)c2ccco2)C(C(=O)N[C@@H](C)C2=CCCC=C2)c2cccnc2)cc1.[HH]. The summed E-state index contributed by atoms with van der Waals surface area (Å²) < 4.78 is 5.45. The Morgan fingerprint density at radius 3 is 2.43 bits per heavy atom. The van der Waals surface area contributed by atoms with Crippen molar-refractivity contribution in [2.45, 2.75) is 31.8 Å². The maximum atomic E-state index is 13.9. The highest BCUT2D eigenvalue weighted by Gasteiger charge is 2.35. The summed E-state index contributed by atoms with van der Waals surface area (Å²) >= 11 is 0. The number of nitrogens with one attached hydrogen (secondary N) is 1. The first-order valence-corrected chi connectivity index (χ1v) is 12.1. The molecule has 4 rings (SSSR count). The predicted molar refractivity (Wildman–Crippen MR) is 148 cm³/mol. The number of anilines is 2. The predicted octanol–water partition coefficient (Wildman–Crippen LogP) is 6.18. The fraction of sp³-hybridized carbons (Fsp3) is 0.167. The third kappa shape index (κ3) is 5.78. The number of hydrogen-bond acceptors (Lipinski definition) is 5. The van der Waals surface area contributed by atoms with Crippen molar-refractivity contribution in [2.24, 2.45) is 0 Å². The van der Waals surface area contributed by atoms with Gasteiger partial charge in [-0.15, -0.1) is 0 Å². The van der Waals surface area contributed by atoms with Gasteiger partial charge in [0.2, 0.25) is 5.91 Å². The van der Waals surface area contributed by atoms with Crippen LogP contribution >= 0.6 is 0 Å². The normalized spacial score (nSPS) is 14.1. The number of furan rings is 1. The van der Waals surface area contributed by atoms with Crippen molar-refractivity contribution < 1.29 is 15.4 Å². The molecule has 0 saturated carbocycles. The molecule has 1 aliphatic carbocycles. The van der Waals surface area contributed by atoms with E-state index in [9.17, 15) is 9.59 Å². The van der Waals surface area contributed by atoms with Crippen molar-refractivity contribution in [1.29, 1.82) is 0 Å². The van der Waals surface area contributed by atoms with Crippen molar-refractivity contribution in [3.8, 4) is 0 Å². The van der Waals surface area contributed by atoms with Gasteiger partial charge in [-0.25, -0.2) is 0 Å². The van der Waals surface area contributed by atoms with Gasteiger partial charge in [0.25, 0.3) is 5.91 Å². The molecule has 2 amide bonds. The van der Waals surface area contributed by atoms with Crippen molar-refractivity contribution >= 4 is 23.2 Å². The summed E-state index contributed by atoms with van der Waals surface area (Å²) in [5.41, 5.74) is 2.94. The van der Waals surface area contributed by atoms with E-state index in [1.165, 1.54) is 11.2 Å². The molecule has 7 nitrogen and oxygen atoms in total.